The van der Waals surface area contributed by atoms with E-state index in [9.17, 15) is 18.4 Å². The monoisotopic (exact) mass is 648 g/mol. The van der Waals surface area contributed by atoms with Crippen molar-refractivity contribution in [2.45, 2.75) is 59.7 Å². The van der Waals surface area contributed by atoms with Gasteiger partial charge in [0, 0.05) is 44.3 Å². The van der Waals surface area contributed by atoms with Crippen molar-refractivity contribution in [1.29, 1.82) is 0 Å². The third kappa shape index (κ3) is 17.5. The maximum atomic E-state index is 13.5. The van der Waals surface area contributed by atoms with Crippen molar-refractivity contribution in [2.24, 2.45) is 11.3 Å². The van der Waals surface area contributed by atoms with E-state index in [4.69, 9.17) is 33.4 Å². The number of aliphatic hydroxyl groups is 2. The first kappa shape index (κ1) is 40.7. The highest BCUT2D eigenvalue weighted by molar-refractivity contribution is 6.31. The molecule has 0 aromatic heterocycles. The van der Waals surface area contributed by atoms with Gasteiger partial charge in [-0.3, -0.25) is 14.5 Å². The van der Waals surface area contributed by atoms with Crippen LogP contribution in [-0.2, 0) is 9.59 Å². The Morgan fingerprint density at radius 2 is 1.74 bits per heavy atom. The maximum absolute atomic E-state index is 13.5. The summed E-state index contributed by atoms with van der Waals surface area (Å²) in [4.78, 5) is 22.3. The molecule has 12 heteroatoms. The van der Waals surface area contributed by atoms with Crippen molar-refractivity contribution in [3.8, 4) is 0 Å². The Morgan fingerprint density at radius 1 is 1.16 bits per heavy atom. The normalized spacial score (nSPS) is 22.1. The molecule has 1 aromatic carbocycles. The molecule has 2 fully saturated rings. The van der Waals surface area contributed by atoms with Crippen LogP contribution in [0.2, 0.25) is 5.02 Å². The van der Waals surface area contributed by atoms with E-state index < -0.39 is 23.9 Å². The Balaban J connectivity index is 0.000000596. The highest BCUT2D eigenvalue weighted by atomic mass is 35.5. The summed E-state index contributed by atoms with van der Waals surface area (Å²) in [5, 5.41) is 26.7. The van der Waals surface area contributed by atoms with Crippen LogP contribution in [0.1, 0.15) is 53.0 Å². The Kier molecular flexibility index (Phi) is 20.2. The highest BCUT2D eigenvalue weighted by Crippen LogP contribution is 2.35. The minimum absolute atomic E-state index is 0.0247. The van der Waals surface area contributed by atoms with E-state index in [1.165, 1.54) is 24.3 Å². The predicted octanol–water partition coefficient (Wildman–Crippen LogP) is 5.36. The molecule has 2 aliphatic rings. The lowest BCUT2D eigenvalue weighted by molar-refractivity contribution is -0.109. The fraction of sp³-hybridized carbons (Fsp3) is 0.548. The van der Waals surface area contributed by atoms with Crippen LogP contribution in [0, 0.1) is 17.2 Å². The van der Waals surface area contributed by atoms with Gasteiger partial charge in [-0.1, -0.05) is 70.5 Å². The molecule has 3 rings (SSSR count). The zero-order valence-electron chi connectivity index (χ0n) is 26.0. The number of rotatable bonds is 9. The summed E-state index contributed by atoms with van der Waals surface area (Å²) in [6.07, 6.45) is 4.06. The number of likely N-dealkylation sites (tertiary alicyclic amines) is 1. The van der Waals surface area contributed by atoms with Gasteiger partial charge in [0.15, 0.2) is 0 Å². The summed E-state index contributed by atoms with van der Waals surface area (Å²) < 4.78 is 25.9. The number of amides is 2. The van der Waals surface area contributed by atoms with Crippen LogP contribution in [0.15, 0.2) is 47.8 Å². The third-order valence-electron chi connectivity index (χ3n) is 5.93. The maximum Gasteiger partial charge on any atom is 0.211 e. The lowest BCUT2D eigenvalue weighted by atomic mass is 9.89. The van der Waals surface area contributed by atoms with Crippen LogP contribution in [0.5, 0.6) is 0 Å². The fourth-order valence-electron chi connectivity index (χ4n) is 3.92. The molecule has 0 radical (unpaired) electrons. The van der Waals surface area contributed by atoms with Crippen molar-refractivity contribution in [3.63, 3.8) is 0 Å². The van der Waals surface area contributed by atoms with Crippen molar-refractivity contribution >= 4 is 41.7 Å². The van der Waals surface area contributed by atoms with Gasteiger partial charge in [0.2, 0.25) is 12.8 Å². The van der Waals surface area contributed by atoms with Gasteiger partial charge < -0.3 is 26.2 Å². The number of β-amino-alcohol motifs (C(OH)–C–C–N with tert-alkyl or cyclic N) is 2. The number of hydrogen-bond acceptors (Lipinski definition) is 6. The number of allylic oxidation sites excluding steroid dienone is 5. The van der Waals surface area contributed by atoms with E-state index in [0.29, 0.717) is 56.0 Å². The van der Waals surface area contributed by atoms with E-state index >= 15 is 0 Å². The standard InChI is InChI=1S/C12H14ClFN2O.C7H8ClF.C7H14N2O3.C5H12/c1-7-4-15-5-9(7)8-2-11(14)10(13)3-12(8)16-6-17;1-3-5-7(9)6(8)4-2;10-5-8-1-2-9-3-6(11)7(12)4-9;1-5(2,3)4/h2-3,6-7,9,15H,4-5H2,1H3,(H,16,17);3-5H,2H2,1H3;5-7,11-12H,1-4H2,(H,8,10);1-4H3/b;5-3-,7-6-;;/t7?,9-;;;/m1.../s1. The molecule has 2 heterocycles. The summed E-state index contributed by atoms with van der Waals surface area (Å²) in [5.74, 6) is -0.293. The third-order valence-corrected chi connectivity index (χ3v) is 6.56. The van der Waals surface area contributed by atoms with Crippen molar-refractivity contribution < 1.29 is 28.6 Å². The van der Waals surface area contributed by atoms with Crippen LogP contribution in [0.3, 0.4) is 0 Å². The lowest BCUT2D eigenvalue weighted by Crippen LogP contribution is -2.30. The molecular weight excluding hydrogens is 601 g/mol. The SMILES string of the molecule is C=C/C(Cl)=C(F)\C=C/C.CC(C)(C)C.CC1CNC[C@H]1c1cc(F)c(Cl)cc1NC=O.O=CNCCN1CC(O)C(O)C1. The Morgan fingerprint density at radius 3 is 2.19 bits per heavy atom. The zero-order chi connectivity index (χ0) is 33.2. The quantitative estimate of drug-likeness (QED) is 0.140. The van der Waals surface area contributed by atoms with Gasteiger partial charge in [0.1, 0.15) is 11.6 Å². The molecule has 4 atom stereocenters. The minimum Gasteiger partial charge on any atom is -0.389 e. The zero-order valence-corrected chi connectivity index (χ0v) is 27.5. The number of aliphatic hydroxyl groups excluding tert-OH is 2. The van der Waals surface area contributed by atoms with E-state index in [-0.39, 0.29) is 16.0 Å². The van der Waals surface area contributed by atoms with Gasteiger partial charge in [0.25, 0.3) is 0 Å². The molecule has 0 bridgehead atoms. The molecule has 0 saturated carbocycles. The molecule has 3 unspecified atom stereocenters. The van der Waals surface area contributed by atoms with Crippen LogP contribution in [-0.4, -0.2) is 79.4 Å². The number of hydrogen-bond donors (Lipinski definition) is 5. The number of benzene rings is 1. The molecule has 2 amide bonds. The van der Waals surface area contributed by atoms with Gasteiger partial charge in [-0.15, -0.1) is 0 Å². The largest absolute Gasteiger partial charge is 0.389 e. The second kappa shape index (κ2) is 21.4. The molecule has 2 aliphatic heterocycles. The van der Waals surface area contributed by atoms with Gasteiger partial charge >= 0.3 is 0 Å². The molecule has 244 valence electrons. The van der Waals surface area contributed by atoms with Gasteiger partial charge in [-0.25, -0.2) is 8.78 Å². The molecule has 1 aromatic rings. The number of halogens is 4. The molecule has 8 nitrogen and oxygen atoms in total. The Bertz CT molecular complexity index is 1050. The molecule has 5 N–H and O–H groups in total. The summed E-state index contributed by atoms with van der Waals surface area (Å²) in [6.45, 7) is 19.8. The number of nitrogens with one attached hydrogen (secondary N) is 3. The molecule has 0 spiro atoms. The Labute approximate surface area is 265 Å². The number of carbonyl (C=O) groups is 2. The van der Waals surface area contributed by atoms with Crippen LogP contribution in [0.4, 0.5) is 14.5 Å². The van der Waals surface area contributed by atoms with Gasteiger partial charge in [0.05, 0.1) is 22.3 Å². The molecular formula is C31H48Cl2F2N4O4. The summed E-state index contributed by atoms with van der Waals surface area (Å²) in [7, 11) is 0. The van der Waals surface area contributed by atoms with Crippen LogP contribution < -0.4 is 16.0 Å². The average molecular weight is 650 g/mol. The predicted molar refractivity (Wildman–Crippen MR) is 173 cm³/mol. The lowest BCUT2D eigenvalue weighted by Gasteiger charge is -2.18. The summed E-state index contributed by atoms with van der Waals surface area (Å²) in [5.41, 5.74) is 1.89. The van der Waals surface area contributed by atoms with Crippen molar-refractivity contribution in [2.75, 3.05) is 44.6 Å². The van der Waals surface area contributed by atoms with Gasteiger partial charge in [-0.2, -0.15) is 0 Å². The molecule has 2 saturated heterocycles. The smallest absolute Gasteiger partial charge is 0.211 e. The Hall–Kier alpha value is -2.34. The number of anilines is 1. The van der Waals surface area contributed by atoms with E-state index in [0.717, 1.165) is 18.7 Å². The number of nitrogens with zero attached hydrogens (tertiary/aromatic N) is 1. The fourth-order valence-corrected chi connectivity index (χ4v) is 4.15. The molecule has 0 aliphatic carbocycles. The topological polar surface area (TPSA) is 114 Å². The van der Waals surface area contributed by atoms with Crippen LogP contribution >= 0.6 is 23.2 Å². The first-order chi connectivity index (χ1) is 20.1. The minimum atomic E-state index is -0.638. The first-order valence-electron chi connectivity index (χ1n) is 14.0. The van der Waals surface area contributed by atoms with Gasteiger partial charge in [-0.05, 0) is 54.6 Å². The van der Waals surface area contributed by atoms with Crippen LogP contribution in [0.25, 0.3) is 0 Å². The summed E-state index contributed by atoms with van der Waals surface area (Å²) in [6, 6.07) is 2.88. The highest BCUT2D eigenvalue weighted by Gasteiger charge is 2.29. The second-order valence-corrected chi connectivity index (χ2v) is 12.5. The molecule has 43 heavy (non-hydrogen) atoms. The van der Waals surface area contributed by atoms with Crippen molar-refractivity contribution in [3.05, 3.63) is 64.2 Å². The summed E-state index contributed by atoms with van der Waals surface area (Å²) >= 11 is 11.0. The van der Waals surface area contributed by atoms with Crippen molar-refractivity contribution in [1.82, 2.24) is 15.5 Å². The van der Waals surface area contributed by atoms with E-state index in [1.807, 2.05) is 4.90 Å². The second-order valence-electron chi connectivity index (χ2n) is 11.7. The van der Waals surface area contributed by atoms with E-state index in [2.05, 4.69) is 57.1 Å². The first-order valence-corrected chi connectivity index (χ1v) is 14.8. The number of carbonyl (C=O) groups excluding carboxylic acids is 2. The van der Waals surface area contributed by atoms with E-state index in [1.54, 1.807) is 13.0 Å². The average Bonchev–Trinajstić information content (AvgIpc) is 3.49.